The lowest BCUT2D eigenvalue weighted by molar-refractivity contribution is 0.103. The number of furan rings is 1. The smallest absolute Gasteiger partial charge is 0.197 e. The summed E-state index contributed by atoms with van der Waals surface area (Å²) in [6.45, 7) is 2.22. The average Bonchev–Trinajstić information content (AvgIpc) is 3.06. The van der Waals surface area contributed by atoms with Gasteiger partial charge in [-0.1, -0.05) is 57.2 Å². The molecule has 1 N–H and O–H groups in total. The Bertz CT molecular complexity index is 952. The fourth-order valence-electron chi connectivity index (χ4n) is 3.43. The molecule has 2 aromatic carbocycles. The molecule has 0 spiro atoms. The summed E-state index contributed by atoms with van der Waals surface area (Å²) in [5.74, 6) is 0.962. The molecule has 0 saturated carbocycles. The highest BCUT2D eigenvalue weighted by atomic mass is 127. The molecule has 0 unspecified atom stereocenters. The average molecular weight is 602 g/mol. The molecule has 0 atom stereocenters. The summed E-state index contributed by atoms with van der Waals surface area (Å²) in [6.07, 6.45) is 7.97. The molecule has 0 bridgehead atoms. The van der Waals surface area contributed by atoms with Crippen molar-refractivity contribution in [1.82, 2.24) is 0 Å². The van der Waals surface area contributed by atoms with Crippen LogP contribution in [0.5, 0.6) is 5.75 Å². The van der Waals surface area contributed by atoms with Crippen molar-refractivity contribution in [3.8, 4) is 5.75 Å². The van der Waals surface area contributed by atoms with E-state index < -0.39 is 0 Å². The van der Waals surface area contributed by atoms with E-state index in [1.54, 1.807) is 12.1 Å². The van der Waals surface area contributed by atoms with Gasteiger partial charge in [0.2, 0.25) is 0 Å². The zero-order chi connectivity index (χ0) is 20.1. The van der Waals surface area contributed by atoms with Crippen molar-refractivity contribution in [3.05, 3.63) is 60.4 Å². The summed E-state index contributed by atoms with van der Waals surface area (Å²) in [7, 11) is 0. The Morgan fingerprint density at radius 3 is 2.36 bits per heavy atom. The number of carbonyl (C=O) groups excluding carboxylic acids is 1. The number of hydrogen-bond acceptors (Lipinski definition) is 3. The Labute approximate surface area is 193 Å². The van der Waals surface area contributed by atoms with Crippen molar-refractivity contribution in [2.45, 2.75) is 51.9 Å². The van der Waals surface area contributed by atoms with Crippen LogP contribution in [0.15, 0.2) is 40.8 Å². The number of phenols is 1. The number of halogens is 2. The molecule has 3 rings (SSSR count). The SMILES string of the molecule is CCCCCCCCc1oc2ccccc2c1C(=O)c1cc(I)c(O)c(I)c1. The number of carbonyl (C=O) groups is 1. The first-order valence-corrected chi connectivity index (χ1v) is 11.9. The van der Waals surface area contributed by atoms with Crippen LogP contribution in [0, 0.1) is 7.14 Å². The first kappa shape index (κ1) is 21.6. The van der Waals surface area contributed by atoms with Crippen molar-refractivity contribution in [3.63, 3.8) is 0 Å². The molecule has 0 aliphatic rings. The van der Waals surface area contributed by atoms with Crippen LogP contribution in [-0.4, -0.2) is 10.9 Å². The Hall–Kier alpha value is -1.09. The summed E-state index contributed by atoms with van der Waals surface area (Å²) in [5.41, 5.74) is 2.01. The van der Waals surface area contributed by atoms with Gasteiger partial charge < -0.3 is 9.52 Å². The van der Waals surface area contributed by atoms with Gasteiger partial charge in [0.1, 0.15) is 17.1 Å². The number of fused-ring (bicyclic) bond motifs is 1. The number of ketones is 1. The van der Waals surface area contributed by atoms with Gasteiger partial charge in [-0.25, -0.2) is 0 Å². The van der Waals surface area contributed by atoms with Crippen LogP contribution in [0.25, 0.3) is 11.0 Å². The van der Waals surface area contributed by atoms with E-state index in [9.17, 15) is 9.90 Å². The molecule has 5 heteroatoms. The lowest BCUT2D eigenvalue weighted by atomic mass is 9.98. The van der Waals surface area contributed by atoms with Gasteiger partial charge in [-0.2, -0.15) is 0 Å². The highest BCUT2D eigenvalue weighted by Gasteiger charge is 2.23. The number of aromatic hydroxyl groups is 1. The van der Waals surface area contributed by atoms with E-state index in [1.807, 2.05) is 24.3 Å². The zero-order valence-corrected chi connectivity index (χ0v) is 20.2. The summed E-state index contributed by atoms with van der Waals surface area (Å²) in [6, 6.07) is 11.2. The third-order valence-electron chi connectivity index (χ3n) is 4.93. The highest BCUT2D eigenvalue weighted by molar-refractivity contribution is 14.1. The Balaban J connectivity index is 1.89. The molecule has 0 radical (unpaired) electrons. The van der Waals surface area contributed by atoms with Crippen LogP contribution >= 0.6 is 45.2 Å². The zero-order valence-electron chi connectivity index (χ0n) is 15.9. The third kappa shape index (κ3) is 4.90. The van der Waals surface area contributed by atoms with Crippen LogP contribution in [0.4, 0.5) is 0 Å². The second kappa shape index (κ2) is 10.1. The van der Waals surface area contributed by atoms with E-state index >= 15 is 0 Å². The van der Waals surface area contributed by atoms with E-state index in [-0.39, 0.29) is 11.5 Å². The molecule has 3 aromatic rings. The van der Waals surface area contributed by atoms with E-state index in [4.69, 9.17) is 4.42 Å². The van der Waals surface area contributed by atoms with Gasteiger partial charge >= 0.3 is 0 Å². The summed E-state index contributed by atoms with van der Waals surface area (Å²) < 4.78 is 7.44. The first-order chi connectivity index (χ1) is 13.5. The molecule has 1 aromatic heterocycles. The lowest BCUT2D eigenvalue weighted by Gasteiger charge is -2.07. The topological polar surface area (TPSA) is 50.4 Å². The minimum atomic E-state index is -0.0400. The Morgan fingerprint density at radius 2 is 1.64 bits per heavy atom. The van der Waals surface area contributed by atoms with Gasteiger partial charge in [0, 0.05) is 17.4 Å². The van der Waals surface area contributed by atoms with Crippen LogP contribution in [0.2, 0.25) is 0 Å². The predicted octanol–water partition coefficient (Wildman–Crippen LogP) is 7.48. The fraction of sp³-hybridized carbons (Fsp3) is 0.348. The second-order valence-corrected chi connectivity index (χ2v) is 9.36. The van der Waals surface area contributed by atoms with E-state index in [0.29, 0.717) is 18.3 Å². The quantitative estimate of drug-likeness (QED) is 0.157. The van der Waals surface area contributed by atoms with E-state index in [2.05, 4.69) is 52.1 Å². The molecular weight excluding hydrogens is 578 g/mol. The molecule has 148 valence electrons. The molecule has 0 fully saturated rings. The number of rotatable bonds is 9. The minimum Gasteiger partial charge on any atom is -0.506 e. The van der Waals surface area contributed by atoms with Crippen LogP contribution < -0.4 is 0 Å². The van der Waals surface area contributed by atoms with Crippen molar-refractivity contribution in [2.75, 3.05) is 0 Å². The van der Waals surface area contributed by atoms with Gasteiger partial charge in [0.05, 0.1) is 12.7 Å². The maximum absolute atomic E-state index is 13.4. The van der Waals surface area contributed by atoms with Gasteiger partial charge in [-0.3, -0.25) is 4.79 Å². The monoisotopic (exact) mass is 602 g/mol. The Morgan fingerprint density at radius 1 is 1.00 bits per heavy atom. The van der Waals surface area contributed by atoms with E-state index in [1.165, 1.54) is 25.7 Å². The number of aryl methyl sites for hydroxylation is 1. The van der Waals surface area contributed by atoms with Crippen LogP contribution in [0.1, 0.15) is 67.1 Å². The summed E-state index contributed by atoms with van der Waals surface area (Å²) in [4.78, 5) is 13.4. The maximum Gasteiger partial charge on any atom is 0.197 e. The number of unbranched alkanes of at least 4 members (excludes halogenated alkanes) is 5. The molecule has 0 saturated heterocycles. The normalized spacial score (nSPS) is 11.2. The molecule has 0 amide bonds. The molecule has 1 heterocycles. The molecular formula is C23H24I2O3. The van der Waals surface area contributed by atoms with Gasteiger partial charge in [0.25, 0.3) is 0 Å². The number of hydrogen-bond donors (Lipinski definition) is 1. The fourth-order valence-corrected chi connectivity index (χ4v) is 5.20. The third-order valence-corrected chi connectivity index (χ3v) is 6.58. The number of benzene rings is 2. The molecule has 0 aliphatic heterocycles. The van der Waals surface area contributed by atoms with Gasteiger partial charge in [-0.05, 0) is 69.8 Å². The van der Waals surface area contributed by atoms with Crippen molar-refractivity contribution in [2.24, 2.45) is 0 Å². The molecule has 28 heavy (non-hydrogen) atoms. The van der Waals surface area contributed by atoms with Crippen LogP contribution in [-0.2, 0) is 6.42 Å². The standard InChI is InChI=1S/C23H24I2O3/c1-2-3-4-5-6-7-12-20-21(16-10-8-9-11-19(16)28-20)22(26)15-13-17(24)23(27)18(25)14-15/h8-11,13-14,27H,2-7,12H2,1H3. The summed E-state index contributed by atoms with van der Waals surface area (Å²) >= 11 is 4.12. The molecule has 3 nitrogen and oxygen atoms in total. The summed E-state index contributed by atoms with van der Waals surface area (Å²) in [5, 5.41) is 10.9. The number of phenolic OH excluding ortho intramolecular Hbond substituents is 1. The van der Waals surface area contributed by atoms with Gasteiger partial charge in [0.15, 0.2) is 5.78 Å². The van der Waals surface area contributed by atoms with Crippen molar-refractivity contribution >= 4 is 61.9 Å². The number of para-hydroxylation sites is 1. The maximum atomic E-state index is 13.4. The minimum absolute atomic E-state index is 0.0400. The van der Waals surface area contributed by atoms with Crippen LogP contribution in [0.3, 0.4) is 0 Å². The molecule has 0 aliphatic carbocycles. The predicted molar refractivity (Wildman–Crippen MR) is 130 cm³/mol. The second-order valence-electron chi connectivity index (χ2n) is 7.03. The van der Waals surface area contributed by atoms with Crippen molar-refractivity contribution < 1.29 is 14.3 Å². The lowest BCUT2D eigenvalue weighted by Crippen LogP contribution is -2.05. The van der Waals surface area contributed by atoms with Gasteiger partial charge in [-0.15, -0.1) is 0 Å². The largest absolute Gasteiger partial charge is 0.506 e. The Kier molecular flexibility index (Phi) is 7.79. The van der Waals surface area contributed by atoms with Crippen molar-refractivity contribution in [1.29, 1.82) is 0 Å². The van der Waals surface area contributed by atoms with E-state index in [0.717, 1.165) is 36.0 Å². The highest BCUT2D eigenvalue weighted by Crippen LogP contribution is 2.32. The first-order valence-electron chi connectivity index (χ1n) is 9.76.